The number of nitrogens with zero attached hydrogens (tertiary/aromatic N) is 1. The summed E-state index contributed by atoms with van der Waals surface area (Å²) in [5.41, 5.74) is 8.26. The maximum absolute atomic E-state index is 15.3. The monoisotopic (exact) mass is 399 g/mol. The third-order valence-corrected chi connectivity index (χ3v) is 6.16. The van der Waals surface area contributed by atoms with E-state index in [1.54, 1.807) is 0 Å². The first-order chi connectivity index (χ1) is 14.0. The minimum absolute atomic E-state index is 0.250. The average molecular weight is 399 g/mol. The van der Waals surface area contributed by atoms with Crippen molar-refractivity contribution in [2.24, 2.45) is 5.73 Å². The van der Waals surface area contributed by atoms with E-state index in [1.807, 2.05) is 12.1 Å². The van der Waals surface area contributed by atoms with Crippen LogP contribution in [0, 0.1) is 11.6 Å². The molecule has 3 N–H and O–H groups in total. The lowest BCUT2D eigenvalue weighted by atomic mass is 9.88. The number of piperidine rings is 1. The average Bonchev–Trinajstić information content (AvgIpc) is 3.09. The van der Waals surface area contributed by atoms with Crippen LogP contribution in [0.15, 0.2) is 36.4 Å². The number of aromatic amines is 1. The highest BCUT2D eigenvalue weighted by Gasteiger charge is 2.24. The van der Waals surface area contributed by atoms with Gasteiger partial charge in [-0.15, -0.1) is 0 Å². The number of nitrogens with one attached hydrogen (secondary N) is 1. The lowest BCUT2D eigenvalue weighted by Crippen LogP contribution is -2.43. The fourth-order valence-electron chi connectivity index (χ4n) is 4.31. The number of hydrogen-bond donors (Lipinski definition) is 2. The molecule has 0 spiro atoms. The van der Waals surface area contributed by atoms with Crippen molar-refractivity contribution in [1.29, 1.82) is 0 Å². The smallest absolute Gasteiger partial charge is 0.156 e. The van der Waals surface area contributed by atoms with Crippen molar-refractivity contribution in [1.82, 2.24) is 9.88 Å². The van der Waals surface area contributed by atoms with Gasteiger partial charge in [-0.2, -0.15) is 0 Å². The third-order valence-electron chi connectivity index (χ3n) is 6.16. The van der Waals surface area contributed by atoms with Gasteiger partial charge in [0.05, 0.1) is 12.8 Å². The molecule has 1 aliphatic rings. The molecular formula is C23H27F2N3O. The predicted octanol–water partition coefficient (Wildman–Crippen LogP) is 4.65. The highest BCUT2D eigenvalue weighted by atomic mass is 19.1. The van der Waals surface area contributed by atoms with E-state index < -0.39 is 5.82 Å². The van der Waals surface area contributed by atoms with Gasteiger partial charge in [0, 0.05) is 29.1 Å². The molecule has 0 aliphatic carbocycles. The zero-order valence-corrected chi connectivity index (χ0v) is 16.8. The minimum atomic E-state index is -0.432. The summed E-state index contributed by atoms with van der Waals surface area (Å²) in [5, 5.41) is 0.529. The molecule has 1 unspecified atom stereocenters. The van der Waals surface area contributed by atoms with Crippen LogP contribution in [0.2, 0.25) is 0 Å². The van der Waals surface area contributed by atoms with E-state index in [-0.39, 0.29) is 11.5 Å². The standard InChI is InChI=1S/C23H27F2N3O/c1-14(13-26)28-9-7-15(8-10-28)16-3-5-20-18(11-16)22(25)23(27-20)19-12-17(24)4-6-21(19)29-2/h3-6,11-12,14-15,27H,7-10,13,26H2,1-2H3. The molecule has 6 heteroatoms. The molecule has 4 nitrogen and oxygen atoms in total. The van der Waals surface area contributed by atoms with E-state index >= 15 is 4.39 Å². The van der Waals surface area contributed by atoms with Crippen molar-refractivity contribution in [2.75, 3.05) is 26.7 Å². The molecule has 1 fully saturated rings. The van der Waals surface area contributed by atoms with E-state index in [2.05, 4.69) is 22.9 Å². The molecule has 154 valence electrons. The van der Waals surface area contributed by atoms with Gasteiger partial charge < -0.3 is 15.5 Å². The van der Waals surface area contributed by atoms with E-state index in [4.69, 9.17) is 10.5 Å². The van der Waals surface area contributed by atoms with Crippen LogP contribution < -0.4 is 10.5 Å². The van der Waals surface area contributed by atoms with Gasteiger partial charge in [-0.3, -0.25) is 4.90 Å². The Morgan fingerprint density at radius 2 is 1.93 bits per heavy atom. The third kappa shape index (κ3) is 3.74. The van der Waals surface area contributed by atoms with E-state index in [1.165, 1.54) is 25.3 Å². The molecule has 0 bridgehead atoms. The highest BCUT2D eigenvalue weighted by molar-refractivity contribution is 5.88. The molecule has 0 amide bonds. The second-order valence-corrected chi connectivity index (χ2v) is 7.86. The van der Waals surface area contributed by atoms with Crippen molar-refractivity contribution >= 4 is 10.9 Å². The molecule has 29 heavy (non-hydrogen) atoms. The molecule has 2 heterocycles. The number of ether oxygens (including phenoxy) is 1. The van der Waals surface area contributed by atoms with Crippen LogP contribution in [0.3, 0.4) is 0 Å². The minimum Gasteiger partial charge on any atom is -0.496 e. The summed E-state index contributed by atoms with van der Waals surface area (Å²) in [6.07, 6.45) is 2.07. The Morgan fingerprint density at radius 1 is 1.17 bits per heavy atom. The lowest BCUT2D eigenvalue weighted by Gasteiger charge is -2.35. The molecule has 0 radical (unpaired) electrons. The quantitative estimate of drug-likeness (QED) is 0.657. The Labute approximate surface area is 169 Å². The van der Waals surface area contributed by atoms with Crippen LogP contribution in [0.4, 0.5) is 8.78 Å². The molecule has 4 rings (SSSR count). The number of nitrogens with two attached hydrogens (primary N) is 1. The number of benzene rings is 2. The number of methoxy groups -OCH3 is 1. The Balaban J connectivity index is 1.65. The normalized spacial score (nSPS) is 17.0. The summed E-state index contributed by atoms with van der Waals surface area (Å²) in [6, 6.07) is 10.4. The second-order valence-electron chi connectivity index (χ2n) is 7.86. The topological polar surface area (TPSA) is 54.3 Å². The van der Waals surface area contributed by atoms with Crippen LogP contribution in [0.25, 0.3) is 22.2 Å². The number of likely N-dealkylation sites (tertiary alicyclic amines) is 1. The predicted molar refractivity (Wildman–Crippen MR) is 112 cm³/mol. The molecule has 3 aromatic rings. The summed E-state index contributed by atoms with van der Waals surface area (Å²) in [5.74, 6) is 0.0264. The van der Waals surface area contributed by atoms with Crippen molar-refractivity contribution in [3.8, 4) is 17.0 Å². The molecular weight excluding hydrogens is 372 g/mol. The first-order valence-electron chi connectivity index (χ1n) is 10.1. The fourth-order valence-corrected chi connectivity index (χ4v) is 4.31. The number of rotatable bonds is 5. The molecule has 2 aromatic carbocycles. The molecule has 0 saturated carbocycles. The van der Waals surface area contributed by atoms with E-state index in [0.717, 1.165) is 31.5 Å². The van der Waals surface area contributed by atoms with Crippen LogP contribution in [-0.4, -0.2) is 42.7 Å². The molecule has 1 atom stereocenters. The van der Waals surface area contributed by atoms with Gasteiger partial charge >= 0.3 is 0 Å². The molecule has 1 aliphatic heterocycles. The number of halogens is 2. The molecule has 1 saturated heterocycles. The van der Waals surface area contributed by atoms with Crippen molar-refractivity contribution in [3.63, 3.8) is 0 Å². The second kappa shape index (κ2) is 8.13. The molecule has 1 aromatic heterocycles. The van der Waals surface area contributed by atoms with Gasteiger partial charge in [-0.25, -0.2) is 8.78 Å². The Hall–Kier alpha value is -2.44. The summed E-state index contributed by atoms with van der Waals surface area (Å²) < 4.78 is 34.4. The fraction of sp³-hybridized carbons (Fsp3) is 0.391. The lowest BCUT2D eigenvalue weighted by molar-refractivity contribution is 0.165. The van der Waals surface area contributed by atoms with Crippen LogP contribution in [0.1, 0.15) is 31.2 Å². The number of fused-ring (bicyclic) bond motifs is 1. The van der Waals surface area contributed by atoms with Gasteiger partial charge in [0.1, 0.15) is 11.6 Å². The van der Waals surface area contributed by atoms with Gasteiger partial charge in [-0.05, 0) is 74.7 Å². The SMILES string of the molecule is COc1ccc(F)cc1-c1[nH]c2ccc(C3CCN(C(C)CN)CC3)cc2c1F. The van der Waals surface area contributed by atoms with Crippen molar-refractivity contribution in [3.05, 3.63) is 53.6 Å². The summed E-state index contributed by atoms with van der Waals surface area (Å²) in [7, 11) is 1.49. The Morgan fingerprint density at radius 3 is 2.62 bits per heavy atom. The van der Waals surface area contributed by atoms with E-state index in [9.17, 15) is 4.39 Å². The summed E-state index contributed by atoms with van der Waals surface area (Å²) >= 11 is 0. The number of H-pyrrole nitrogens is 1. The summed E-state index contributed by atoms with van der Waals surface area (Å²) in [4.78, 5) is 5.51. The highest BCUT2D eigenvalue weighted by Crippen LogP contribution is 2.37. The largest absolute Gasteiger partial charge is 0.496 e. The van der Waals surface area contributed by atoms with Gasteiger partial charge in [0.15, 0.2) is 5.82 Å². The zero-order valence-electron chi connectivity index (χ0n) is 16.8. The van der Waals surface area contributed by atoms with E-state index in [0.29, 0.717) is 40.7 Å². The van der Waals surface area contributed by atoms with Gasteiger partial charge in [-0.1, -0.05) is 6.07 Å². The number of aromatic nitrogens is 1. The Kier molecular flexibility index (Phi) is 5.56. The maximum atomic E-state index is 15.3. The maximum Gasteiger partial charge on any atom is 0.156 e. The zero-order chi connectivity index (χ0) is 20.5. The Bertz CT molecular complexity index is 1010. The van der Waals surface area contributed by atoms with Crippen molar-refractivity contribution < 1.29 is 13.5 Å². The van der Waals surface area contributed by atoms with Gasteiger partial charge in [0.25, 0.3) is 0 Å². The van der Waals surface area contributed by atoms with Crippen LogP contribution in [-0.2, 0) is 0 Å². The first kappa shape index (κ1) is 19.9. The number of hydrogen-bond acceptors (Lipinski definition) is 3. The van der Waals surface area contributed by atoms with Crippen molar-refractivity contribution in [2.45, 2.75) is 31.7 Å². The summed E-state index contributed by atoms with van der Waals surface area (Å²) in [6.45, 7) is 4.83. The first-order valence-corrected chi connectivity index (χ1v) is 10.1. The van der Waals surface area contributed by atoms with Gasteiger partial charge in [0.2, 0.25) is 0 Å². The van der Waals surface area contributed by atoms with Crippen LogP contribution >= 0.6 is 0 Å². The van der Waals surface area contributed by atoms with Crippen LogP contribution in [0.5, 0.6) is 5.75 Å².